The second kappa shape index (κ2) is 10.0. The predicted octanol–water partition coefficient (Wildman–Crippen LogP) is 2.58. The molecule has 1 aromatic carbocycles. The monoisotopic (exact) mass is 378 g/mol. The number of hydrogen-bond donors (Lipinski definition) is 1. The molecule has 1 saturated heterocycles. The number of amides is 2. The number of hydrogen-bond acceptors (Lipinski definition) is 4. The molecule has 1 heterocycles. The van der Waals surface area contributed by atoms with Crippen LogP contribution in [0, 0.1) is 11.7 Å². The van der Waals surface area contributed by atoms with Gasteiger partial charge in [0.2, 0.25) is 11.8 Å². The van der Waals surface area contributed by atoms with Crippen LogP contribution < -0.4 is 5.32 Å². The van der Waals surface area contributed by atoms with Gasteiger partial charge in [-0.05, 0) is 37.0 Å². The van der Waals surface area contributed by atoms with E-state index in [9.17, 15) is 18.8 Å². The number of methoxy groups -OCH3 is 1. The van der Waals surface area contributed by atoms with Crippen LogP contribution in [0.5, 0.6) is 0 Å². The van der Waals surface area contributed by atoms with Crippen LogP contribution in [-0.4, -0.2) is 42.9 Å². The topological polar surface area (TPSA) is 75.7 Å². The summed E-state index contributed by atoms with van der Waals surface area (Å²) in [4.78, 5) is 38.4. The maximum absolute atomic E-state index is 13.2. The number of rotatable bonds is 7. The second-order valence-corrected chi connectivity index (χ2v) is 6.82. The Morgan fingerprint density at radius 1 is 1.30 bits per heavy atom. The summed E-state index contributed by atoms with van der Waals surface area (Å²) >= 11 is 0. The molecule has 2 unspecified atom stereocenters. The van der Waals surface area contributed by atoms with Crippen LogP contribution >= 0.6 is 0 Å². The molecule has 2 amide bonds. The highest BCUT2D eigenvalue weighted by atomic mass is 19.1. The molecule has 1 fully saturated rings. The van der Waals surface area contributed by atoms with Crippen molar-refractivity contribution in [3.63, 3.8) is 0 Å². The number of ether oxygens (including phenoxy) is 1. The molecule has 2 atom stereocenters. The van der Waals surface area contributed by atoms with Gasteiger partial charge in [0.05, 0.1) is 25.5 Å². The average molecular weight is 378 g/mol. The van der Waals surface area contributed by atoms with Gasteiger partial charge in [-0.15, -0.1) is 0 Å². The number of nitrogens with one attached hydrogen (secondary N) is 1. The highest BCUT2D eigenvalue weighted by molar-refractivity contribution is 5.82. The first-order chi connectivity index (χ1) is 12.9. The molecule has 148 valence electrons. The van der Waals surface area contributed by atoms with Crippen molar-refractivity contribution in [2.75, 3.05) is 20.2 Å². The van der Waals surface area contributed by atoms with Crippen LogP contribution in [0.1, 0.15) is 50.6 Å². The second-order valence-electron chi connectivity index (χ2n) is 6.82. The van der Waals surface area contributed by atoms with Crippen molar-refractivity contribution in [2.45, 2.75) is 45.1 Å². The Morgan fingerprint density at radius 3 is 2.63 bits per heavy atom. The molecule has 1 aliphatic rings. The minimum atomic E-state index is -0.604. The van der Waals surface area contributed by atoms with E-state index < -0.39 is 12.0 Å². The largest absolute Gasteiger partial charge is 0.469 e. The summed E-state index contributed by atoms with van der Waals surface area (Å²) in [5.74, 6) is -1.31. The van der Waals surface area contributed by atoms with Gasteiger partial charge in [0, 0.05) is 19.5 Å². The number of piperidine rings is 1. The normalized spacial score (nSPS) is 17.9. The lowest BCUT2D eigenvalue weighted by atomic mass is 9.95. The third-order valence-electron chi connectivity index (χ3n) is 4.80. The number of likely N-dealkylation sites (tertiary alicyclic amines) is 1. The van der Waals surface area contributed by atoms with E-state index in [-0.39, 0.29) is 30.0 Å². The smallest absolute Gasteiger partial charge is 0.307 e. The molecule has 0 aromatic heterocycles. The molecule has 0 aliphatic carbocycles. The lowest BCUT2D eigenvalue weighted by molar-refractivity contribution is -0.141. The van der Waals surface area contributed by atoms with E-state index >= 15 is 0 Å². The van der Waals surface area contributed by atoms with Gasteiger partial charge in [-0.2, -0.15) is 0 Å². The quantitative estimate of drug-likeness (QED) is 0.740. The summed E-state index contributed by atoms with van der Waals surface area (Å²) in [5, 5.41) is 2.88. The first-order valence-corrected chi connectivity index (χ1v) is 9.35. The molecule has 1 N–H and O–H groups in total. The van der Waals surface area contributed by atoms with Gasteiger partial charge in [-0.1, -0.05) is 19.1 Å². The Kier molecular flexibility index (Phi) is 7.76. The van der Waals surface area contributed by atoms with Gasteiger partial charge in [0.15, 0.2) is 0 Å². The van der Waals surface area contributed by atoms with E-state index in [2.05, 4.69) is 5.32 Å². The Labute approximate surface area is 159 Å². The van der Waals surface area contributed by atoms with E-state index in [1.165, 1.54) is 19.2 Å². The molecule has 0 saturated carbocycles. The van der Waals surface area contributed by atoms with Gasteiger partial charge in [0.25, 0.3) is 0 Å². The van der Waals surface area contributed by atoms with Gasteiger partial charge >= 0.3 is 5.97 Å². The lowest BCUT2D eigenvalue weighted by Crippen LogP contribution is -2.46. The fourth-order valence-corrected chi connectivity index (χ4v) is 3.28. The van der Waals surface area contributed by atoms with Crippen molar-refractivity contribution in [1.82, 2.24) is 10.2 Å². The Bertz CT molecular complexity index is 662. The first-order valence-electron chi connectivity index (χ1n) is 9.35. The van der Waals surface area contributed by atoms with Crippen LogP contribution in [0.3, 0.4) is 0 Å². The van der Waals surface area contributed by atoms with Crippen LogP contribution in [0.4, 0.5) is 4.39 Å². The van der Waals surface area contributed by atoms with Crippen molar-refractivity contribution < 1.29 is 23.5 Å². The van der Waals surface area contributed by atoms with E-state index in [0.717, 1.165) is 12.8 Å². The van der Waals surface area contributed by atoms with Crippen LogP contribution in [0.25, 0.3) is 0 Å². The molecular weight excluding hydrogens is 351 g/mol. The zero-order chi connectivity index (χ0) is 19.8. The van der Waals surface area contributed by atoms with Crippen LogP contribution in [-0.2, 0) is 19.1 Å². The molecule has 0 spiro atoms. The zero-order valence-electron chi connectivity index (χ0n) is 15.9. The van der Waals surface area contributed by atoms with E-state index in [1.54, 1.807) is 17.0 Å². The fraction of sp³-hybridized carbons (Fsp3) is 0.550. The maximum Gasteiger partial charge on any atom is 0.307 e. The van der Waals surface area contributed by atoms with Gasteiger partial charge < -0.3 is 15.0 Å². The number of benzene rings is 1. The van der Waals surface area contributed by atoms with Crippen molar-refractivity contribution in [3.8, 4) is 0 Å². The SMILES string of the molecule is CCCC(=O)N1CCCC(C(=O)NC(CC(=O)OC)c2ccc(F)cc2)C1. The standard InChI is InChI=1S/C20H27FN2O4/c1-3-5-18(24)23-11-4-6-15(13-23)20(26)22-17(12-19(25)27-2)14-7-9-16(21)10-8-14/h7-10,15,17H,3-6,11-13H2,1-2H3,(H,22,26). The molecule has 1 aliphatic heterocycles. The minimum absolute atomic E-state index is 0.0426. The lowest BCUT2D eigenvalue weighted by Gasteiger charge is -2.33. The number of nitrogens with zero attached hydrogens (tertiary/aromatic N) is 1. The molecule has 0 radical (unpaired) electrons. The van der Waals surface area contributed by atoms with Crippen LogP contribution in [0.15, 0.2) is 24.3 Å². The summed E-state index contributed by atoms with van der Waals surface area (Å²) in [5.41, 5.74) is 0.630. The third kappa shape index (κ3) is 6.05. The van der Waals surface area contributed by atoms with Crippen molar-refractivity contribution in [3.05, 3.63) is 35.6 Å². The summed E-state index contributed by atoms with van der Waals surface area (Å²) < 4.78 is 17.9. The Morgan fingerprint density at radius 2 is 2.00 bits per heavy atom. The third-order valence-corrected chi connectivity index (χ3v) is 4.80. The van der Waals surface area contributed by atoms with E-state index in [4.69, 9.17) is 4.74 Å². The van der Waals surface area contributed by atoms with Crippen molar-refractivity contribution in [1.29, 1.82) is 0 Å². The molecular formula is C20H27FN2O4. The highest BCUT2D eigenvalue weighted by Gasteiger charge is 2.30. The summed E-state index contributed by atoms with van der Waals surface area (Å²) in [7, 11) is 1.28. The fourth-order valence-electron chi connectivity index (χ4n) is 3.28. The van der Waals surface area contributed by atoms with E-state index in [1.807, 2.05) is 6.92 Å². The molecule has 6 nitrogen and oxygen atoms in total. The van der Waals surface area contributed by atoms with Crippen molar-refractivity contribution in [2.24, 2.45) is 5.92 Å². The molecule has 0 bridgehead atoms. The number of carbonyl (C=O) groups excluding carboxylic acids is 3. The van der Waals surface area contributed by atoms with Crippen LogP contribution in [0.2, 0.25) is 0 Å². The van der Waals surface area contributed by atoms with Crippen molar-refractivity contribution >= 4 is 17.8 Å². The summed E-state index contributed by atoms with van der Waals surface area (Å²) in [6, 6.07) is 5.06. The first kappa shape index (κ1) is 20.9. The van der Waals surface area contributed by atoms with Gasteiger partial charge in [-0.25, -0.2) is 4.39 Å². The molecule has 2 rings (SSSR count). The summed E-state index contributed by atoms with van der Waals surface area (Å²) in [6.45, 7) is 3.01. The Balaban J connectivity index is 2.06. The number of halogens is 1. The molecule has 7 heteroatoms. The number of carbonyl (C=O) groups is 3. The van der Waals surface area contributed by atoms with Gasteiger partial charge in [-0.3, -0.25) is 14.4 Å². The molecule has 27 heavy (non-hydrogen) atoms. The van der Waals surface area contributed by atoms with E-state index in [0.29, 0.717) is 31.5 Å². The summed E-state index contributed by atoms with van der Waals surface area (Å²) in [6.07, 6.45) is 2.67. The minimum Gasteiger partial charge on any atom is -0.469 e. The Hall–Kier alpha value is -2.44. The highest BCUT2D eigenvalue weighted by Crippen LogP contribution is 2.22. The predicted molar refractivity (Wildman–Crippen MR) is 98.1 cm³/mol. The number of esters is 1. The zero-order valence-corrected chi connectivity index (χ0v) is 15.9. The van der Waals surface area contributed by atoms with Gasteiger partial charge in [0.1, 0.15) is 5.82 Å². The maximum atomic E-state index is 13.2. The average Bonchev–Trinajstić information content (AvgIpc) is 2.68. The molecule has 1 aromatic rings.